The number of anilines is 1. The van der Waals surface area contributed by atoms with E-state index in [1.807, 2.05) is 54.6 Å². The van der Waals surface area contributed by atoms with Crippen LogP contribution in [0.3, 0.4) is 0 Å². The fraction of sp³-hybridized carbons (Fsp3) is 0.136. The fourth-order valence-electron chi connectivity index (χ4n) is 3.06. The van der Waals surface area contributed by atoms with Crippen molar-refractivity contribution in [1.82, 2.24) is 4.90 Å². The van der Waals surface area contributed by atoms with Crippen LogP contribution in [0.15, 0.2) is 78.9 Å². The predicted molar refractivity (Wildman–Crippen MR) is 110 cm³/mol. The summed E-state index contributed by atoms with van der Waals surface area (Å²) in [5.74, 6) is 1.84. The maximum Gasteiger partial charge on any atom is 0.323 e. The molecule has 3 aromatic rings. The number of ether oxygens (including phenoxy) is 1. The summed E-state index contributed by atoms with van der Waals surface area (Å²) in [5, 5.41) is 2.53. The van der Waals surface area contributed by atoms with Gasteiger partial charge in [0, 0.05) is 12.3 Å². The van der Waals surface area contributed by atoms with Crippen molar-refractivity contribution < 1.29 is 13.9 Å². The summed E-state index contributed by atoms with van der Waals surface area (Å²) in [6, 6.07) is 23.1. The van der Waals surface area contributed by atoms with Crippen LogP contribution in [0.5, 0.6) is 11.5 Å². The summed E-state index contributed by atoms with van der Waals surface area (Å²) in [7, 11) is 0. The second kappa shape index (κ2) is 8.35. The van der Waals surface area contributed by atoms with Gasteiger partial charge in [-0.15, -0.1) is 11.8 Å². The fourth-order valence-corrected chi connectivity index (χ4v) is 4.31. The predicted octanol–water partition coefficient (Wildman–Crippen LogP) is 5.90. The van der Waals surface area contributed by atoms with Crippen molar-refractivity contribution in [2.75, 3.05) is 17.6 Å². The van der Waals surface area contributed by atoms with E-state index in [0.717, 1.165) is 17.1 Å². The number of nitrogens with zero attached hydrogens (tertiary/aromatic N) is 1. The molecule has 1 saturated heterocycles. The smallest absolute Gasteiger partial charge is 0.323 e. The van der Waals surface area contributed by atoms with Crippen molar-refractivity contribution in [1.29, 1.82) is 0 Å². The van der Waals surface area contributed by atoms with Gasteiger partial charge in [0.25, 0.3) is 0 Å². The van der Waals surface area contributed by atoms with E-state index in [1.54, 1.807) is 34.9 Å². The highest BCUT2D eigenvalue weighted by Gasteiger charge is 2.31. The lowest BCUT2D eigenvalue weighted by molar-refractivity contribution is 0.214. The van der Waals surface area contributed by atoms with Crippen molar-refractivity contribution in [3.63, 3.8) is 0 Å². The zero-order valence-electron chi connectivity index (χ0n) is 15.0. The van der Waals surface area contributed by atoms with Crippen LogP contribution in [-0.2, 0) is 0 Å². The highest BCUT2D eigenvalue weighted by Crippen LogP contribution is 2.39. The Morgan fingerprint density at radius 1 is 1.00 bits per heavy atom. The zero-order chi connectivity index (χ0) is 19.3. The molecule has 0 aromatic heterocycles. The number of hydrogen-bond acceptors (Lipinski definition) is 3. The van der Waals surface area contributed by atoms with Crippen molar-refractivity contribution in [3.05, 3.63) is 90.2 Å². The van der Waals surface area contributed by atoms with Gasteiger partial charge < -0.3 is 15.0 Å². The van der Waals surface area contributed by atoms with E-state index in [-0.39, 0.29) is 17.1 Å². The Hall–Kier alpha value is -2.99. The van der Waals surface area contributed by atoms with E-state index >= 15 is 0 Å². The molecule has 1 heterocycles. The third-order valence-corrected chi connectivity index (χ3v) is 5.65. The van der Waals surface area contributed by atoms with Crippen LogP contribution in [0.2, 0.25) is 0 Å². The average Bonchev–Trinajstić information content (AvgIpc) is 3.21. The number of rotatable bonds is 4. The largest absolute Gasteiger partial charge is 0.457 e. The number of carbonyl (C=O) groups excluding carboxylic acids is 1. The van der Waals surface area contributed by atoms with E-state index in [9.17, 15) is 9.18 Å². The molecule has 0 unspecified atom stereocenters. The van der Waals surface area contributed by atoms with Gasteiger partial charge in [-0.05, 0) is 42.0 Å². The molecule has 28 heavy (non-hydrogen) atoms. The van der Waals surface area contributed by atoms with Crippen molar-refractivity contribution in [2.45, 2.75) is 5.37 Å². The normalized spacial score (nSPS) is 16.0. The molecule has 4 rings (SSSR count). The van der Waals surface area contributed by atoms with E-state index in [0.29, 0.717) is 12.3 Å². The number of carbonyl (C=O) groups is 1. The summed E-state index contributed by atoms with van der Waals surface area (Å²) in [6.45, 7) is 0.597. The zero-order valence-corrected chi connectivity index (χ0v) is 15.9. The minimum absolute atomic E-state index is 0.147. The highest BCUT2D eigenvalue weighted by atomic mass is 32.2. The van der Waals surface area contributed by atoms with Crippen LogP contribution in [0.1, 0.15) is 10.9 Å². The van der Waals surface area contributed by atoms with Gasteiger partial charge in [-0.25, -0.2) is 9.18 Å². The Morgan fingerprint density at radius 3 is 2.57 bits per heavy atom. The topological polar surface area (TPSA) is 41.6 Å². The van der Waals surface area contributed by atoms with Crippen molar-refractivity contribution >= 4 is 23.5 Å². The molecule has 0 aliphatic carbocycles. The second-order valence-electron chi connectivity index (χ2n) is 6.31. The van der Waals surface area contributed by atoms with Gasteiger partial charge in [-0.1, -0.05) is 42.5 Å². The Kier molecular flexibility index (Phi) is 5.48. The van der Waals surface area contributed by atoms with Gasteiger partial charge in [0.2, 0.25) is 0 Å². The molecular weight excluding hydrogens is 375 g/mol. The Labute approximate surface area is 167 Å². The summed E-state index contributed by atoms with van der Waals surface area (Å²) in [4.78, 5) is 14.5. The molecule has 0 radical (unpaired) electrons. The van der Waals surface area contributed by atoms with Crippen LogP contribution >= 0.6 is 11.8 Å². The first-order chi connectivity index (χ1) is 13.7. The van der Waals surface area contributed by atoms with Gasteiger partial charge in [0.05, 0.1) is 5.69 Å². The van der Waals surface area contributed by atoms with Crippen molar-refractivity contribution in [3.8, 4) is 11.5 Å². The molecule has 0 spiro atoms. The summed E-state index contributed by atoms with van der Waals surface area (Å²) in [6.07, 6.45) is 0. The summed E-state index contributed by atoms with van der Waals surface area (Å²) < 4.78 is 19.8. The SMILES string of the molecule is O=C(Nc1ccccc1F)N1CCS[C@H]1c1cccc(Oc2ccccc2)c1. The third-order valence-electron chi connectivity index (χ3n) is 4.39. The van der Waals surface area contributed by atoms with Gasteiger partial charge in [0.1, 0.15) is 22.7 Å². The van der Waals surface area contributed by atoms with E-state index in [1.165, 1.54) is 6.07 Å². The highest BCUT2D eigenvalue weighted by molar-refractivity contribution is 7.99. The molecule has 1 N–H and O–H groups in total. The lowest BCUT2D eigenvalue weighted by Gasteiger charge is -2.25. The van der Waals surface area contributed by atoms with E-state index in [4.69, 9.17) is 4.74 Å². The minimum atomic E-state index is -0.447. The van der Waals surface area contributed by atoms with Crippen molar-refractivity contribution in [2.24, 2.45) is 0 Å². The molecule has 2 amide bonds. The number of halogens is 1. The molecule has 1 aliphatic heterocycles. The molecular formula is C22H19FN2O2S. The second-order valence-corrected chi connectivity index (χ2v) is 7.50. The number of benzene rings is 3. The molecule has 1 atom stereocenters. The molecule has 0 bridgehead atoms. The van der Waals surface area contributed by atoms with E-state index < -0.39 is 5.82 Å². The molecule has 142 valence electrons. The number of amides is 2. The number of urea groups is 1. The number of para-hydroxylation sites is 2. The minimum Gasteiger partial charge on any atom is -0.457 e. The Balaban J connectivity index is 1.51. The van der Waals surface area contributed by atoms with E-state index in [2.05, 4.69) is 5.32 Å². The molecule has 1 aliphatic rings. The van der Waals surface area contributed by atoms with Gasteiger partial charge in [-0.3, -0.25) is 0 Å². The maximum atomic E-state index is 13.9. The first-order valence-corrected chi connectivity index (χ1v) is 10.0. The standard InChI is InChI=1S/C22H19FN2O2S/c23-19-11-4-5-12-20(19)24-22(26)25-13-14-28-21(25)16-7-6-10-18(15-16)27-17-8-2-1-3-9-17/h1-12,15,21H,13-14H2,(H,24,26)/t21-/m0/s1. The molecule has 3 aromatic carbocycles. The van der Waals surface area contributed by atoms with Crippen LogP contribution in [0.4, 0.5) is 14.9 Å². The molecule has 1 fully saturated rings. The maximum absolute atomic E-state index is 13.9. The Bertz CT molecular complexity index is 968. The van der Waals surface area contributed by atoms with Gasteiger partial charge in [-0.2, -0.15) is 0 Å². The summed E-state index contributed by atoms with van der Waals surface area (Å²) in [5.41, 5.74) is 1.16. The Morgan fingerprint density at radius 2 is 1.75 bits per heavy atom. The van der Waals surface area contributed by atoms with Gasteiger partial charge in [0.15, 0.2) is 0 Å². The monoisotopic (exact) mass is 394 g/mol. The lowest BCUT2D eigenvalue weighted by atomic mass is 10.2. The number of nitrogens with one attached hydrogen (secondary N) is 1. The number of hydrogen-bond donors (Lipinski definition) is 1. The molecule has 4 nitrogen and oxygen atoms in total. The molecule has 6 heteroatoms. The first kappa shape index (κ1) is 18.4. The lowest BCUT2D eigenvalue weighted by Crippen LogP contribution is -2.34. The summed E-state index contributed by atoms with van der Waals surface area (Å²) >= 11 is 1.68. The van der Waals surface area contributed by atoms with Crippen LogP contribution in [0, 0.1) is 5.82 Å². The first-order valence-electron chi connectivity index (χ1n) is 8.97. The van der Waals surface area contributed by atoms with Crippen LogP contribution < -0.4 is 10.1 Å². The molecule has 0 saturated carbocycles. The number of thioether (sulfide) groups is 1. The van der Waals surface area contributed by atoms with Crippen LogP contribution in [0.25, 0.3) is 0 Å². The van der Waals surface area contributed by atoms with Crippen LogP contribution in [-0.4, -0.2) is 23.2 Å². The quantitative estimate of drug-likeness (QED) is 0.599. The third kappa shape index (κ3) is 4.12. The average molecular weight is 394 g/mol. The van der Waals surface area contributed by atoms with Gasteiger partial charge >= 0.3 is 6.03 Å².